The van der Waals surface area contributed by atoms with E-state index in [2.05, 4.69) is 10.3 Å². The van der Waals surface area contributed by atoms with Gasteiger partial charge in [-0.25, -0.2) is 14.3 Å². The van der Waals surface area contributed by atoms with Crippen molar-refractivity contribution in [3.63, 3.8) is 0 Å². The van der Waals surface area contributed by atoms with E-state index in [9.17, 15) is 14.4 Å². The highest BCUT2D eigenvalue weighted by molar-refractivity contribution is 5.76. The number of nitrogens with zero attached hydrogens (tertiary/aromatic N) is 4. The van der Waals surface area contributed by atoms with E-state index in [-0.39, 0.29) is 24.4 Å². The van der Waals surface area contributed by atoms with E-state index in [0.717, 1.165) is 4.57 Å². The van der Waals surface area contributed by atoms with E-state index in [0.29, 0.717) is 30.9 Å². The Balaban J connectivity index is 2.64. The fourth-order valence-electron chi connectivity index (χ4n) is 2.78. The summed E-state index contributed by atoms with van der Waals surface area (Å²) >= 11 is 0. The van der Waals surface area contributed by atoms with Crippen LogP contribution in [0.4, 0.5) is 0 Å². The topological polar surface area (TPSA) is 100 Å². The van der Waals surface area contributed by atoms with E-state index in [4.69, 9.17) is 4.74 Å². The second kappa shape index (κ2) is 8.31. The van der Waals surface area contributed by atoms with Gasteiger partial charge in [-0.3, -0.25) is 14.2 Å². The Morgan fingerprint density at radius 1 is 1.23 bits per heavy atom. The fourth-order valence-corrected chi connectivity index (χ4v) is 2.78. The first-order valence-electron chi connectivity index (χ1n) is 8.73. The lowest BCUT2D eigenvalue weighted by atomic mass is 10.2. The van der Waals surface area contributed by atoms with E-state index >= 15 is 0 Å². The number of hydrogen-bond acceptors (Lipinski definition) is 5. The number of fused-ring (bicyclic) bond motifs is 1. The van der Waals surface area contributed by atoms with Gasteiger partial charge in [0.1, 0.15) is 6.54 Å². The van der Waals surface area contributed by atoms with Crippen LogP contribution in [0.25, 0.3) is 11.2 Å². The zero-order chi connectivity index (χ0) is 19.4. The predicted molar refractivity (Wildman–Crippen MR) is 98.2 cm³/mol. The molecule has 9 heteroatoms. The lowest BCUT2D eigenvalue weighted by Crippen LogP contribution is -2.45. The molecule has 2 rings (SSSR count). The highest BCUT2D eigenvalue weighted by Crippen LogP contribution is 2.09. The summed E-state index contributed by atoms with van der Waals surface area (Å²) in [6.07, 6.45) is 1.53. The van der Waals surface area contributed by atoms with Gasteiger partial charge in [0.15, 0.2) is 11.2 Å². The second-order valence-corrected chi connectivity index (χ2v) is 7.00. The number of methoxy groups -OCH3 is 1. The van der Waals surface area contributed by atoms with Crippen LogP contribution >= 0.6 is 0 Å². The number of ether oxygens (including phenoxy) is 1. The van der Waals surface area contributed by atoms with Crippen molar-refractivity contribution in [2.45, 2.75) is 53.4 Å². The monoisotopic (exact) mass is 365 g/mol. The van der Waals surface area contributed by atoms with E-state index in [1.807, 2.05) is 27.7 Å². The molecule has 1 amide bonds. The van der Waals surface area contributed by atoms with Crippen molar-refractivity contribution in [2.75, 3.05) is 13.7 Å². The summed E-state index contributed by atoms with van der Waals surface area (Å²) in [4.78, 5) is 42.2. The van der Waals surface area contributed by atoms with Crippen LogP contribution in [0.15, 0.2) is 15.9 Å². The predicted octanol–water partition coefficient (Wildman–Crippen LogP) is 0.187. The SMILES string of the molecule is COCCn1cnc2c1c(=O)n(CC(=O)NC(C)C)c(=O)n2CC(C)C. The van der Waals surface area contributed by atoms with E-state index in [1.165, 1.54) is 10.9 Å². The zero-order valence-corrected chi connectivity index (χ0v) is 16.0. The average molecular weight is 365 g/mol. The molecule has 2 aromatic rings. The molecule has 0 aliphatic carbocycles. The lowest BCUT2D eigenvalue weighted by Gasteiger charge is -2.14. The Bertz CT molecular complexity index is 891. The number of rotatable bonds is 8. The van der Waals surface area contributed by atoms with Gasteiger partial charge >= 0.3 is 5.69 Å². The summed E-state index contributed by atoms with van der Waals surface area (Å²) in [6.45, 7) is 8.51. The maximum absolute atomic E-state index is 12.9. The van der Waals surface area contributed by atoms with Crippen LogP contribution in [-0.2, 0) is 29.2 Å². The maximum Gasteiger partial charge on any atom is 0.333 e. The van der Waals surface area contributed by atoms with Gasteiger partial charge in [-0.1, -0.05) is 13.8 Å². The van der Waals surface area contributed by atoms with Crippen LogP contribution in [0.3, 0.4) is 0 Å². The zero-order valence-electron chi connectivity index (χ0n) is 16.0. The molecule has 0 bridgehead atoms. The smallest absolute Gasteiger partial charge is 0.333 e. The Hall–Kier alpha value is -2.42. The third-order valence-corrected chi connectivity index (χ3v) is 3.82. The van der Waals surface area contributed by atoms with Gasteiger partial charge in [-0.15, -0.1) is 0 Å². The van der Waals surface area contributed by atoms with Crippen molar-refractivity contribution in [2.24, 2.45) is 5.92 Å². The number of amides is 1. The average Bonchev–Trinajstić information content (AvgIpc) is 2.96. The molecule has 0 saturated heterocycles. The molecule has 0 saturated carbocycles. The van der Waals surface area contributed by atoms with Gasteiger partial charge in [-0.2, -0.15) is 0 Å². The molecular formula is C17H27N5O4. The van der Waals surface area contributed by atoms with Crippen LogP contribution in [-0.4, -0.2) is 44.4 Å². The molecule has 1 N–H and O–H groups in total. The Morgan fingerprint density at radius 2 is 1.92 bits per heavy atom. The minimum atomic E-state index is -0.521. The number of carbonyl (C=O) groups is 1. The number of nitrogens with one attached hydrogen (secondary N) is 1. The van der Waals surface area contributed by atoms with Crippen LogP contribution in [0.1, 0.15) is 27.7 Å². The molecule has 0 spiro atoms. The maximum atomic E-state index is 12.9. The van der Waals surface area contributed by atoms with Crippen LogP contribution in [0.2, 0.25) is 0 Å². The lowest BCUT2D eigenvalue weighted by molar-refractivity contribution is -0.122. The van der Waals surface area contributed by atoms with Gasteiger partial charge in [0.25, 0.3) is 5.56 Å². The minimum Gasteiger partial charge on any atom is -0.383 e. The number of carbonyl (C=O) groups excluding carboxylic acids is 1. The summed E-state index contributed by atoms with van der Waals surface area (Å²) in [6, 6.07) is -0.0768. The third-order valence-electron chi connectivity index (χ3n) is 3.82. The highest BCUT2D eigenvalue weighted by atomic mass is 16.5. The highest BCUT2D eigenvalue weighted by Gasteiger charge is 2.20. The first kappa shape index (κ1) is 19.9. The van der Waals surface area contributed by atoms with Gasteiger partial charge in [-0.05, 0) is 19.8 Å². The molecule has 0 unspecified atom stereocenters. The summed E-state index contributed by atoms with van der Waals surface area (Å²) in [7, 11) is 1.57. The van der Waals surface area contributed by atoms with E-state index < -0.39 is 11.2 Å². The van der Waals surface area contributed by atoms with Gasteiger partial charge in [0, 0.05) is 26.2 Å². The molecule has 0 fully saturated rings. The molecule has 26 heavy (non-hydrogen) atoms. The largest absolute Gasteiger partial charge is 0.383 e. The molecule has 2 aromatic heterocycles. The number of aromatic nitrogens is 4. The number of imidazole rings is 1. The Kier molecular flexibility index (Phi) is 6.36. The summed E-state index contributed by atoms with van der Waals surface area (Å²) in [5, 5.41) is 2.71. The van der Waals surface area contributed by atoms with Gasteiger partial charge in [0.05, 0.1) is 12.9 Å². The molecule has 0 aromatic carbocycles. The van der Waals surface area contributed by atoms with Crippen molar-refractivity contribution < 1.29 is 9.53 Å². The van der Waals surface area contributed by atoms with Crippen LogP contribution in [0.5, 0.6) is 0 Å². The molecule has 0 aliphatic heterocycles. The van der Waals surface area contributed by atoms with Crippen molar-refractivity contribution >= 4 is 17.1 Å². The quantitative estimate of drug-likeness (QED) is 0.720. The Morgan fingerprint density at radius 3 is 2.50 bits per heavy atom. The van der Waals surface area contributed by atoms with Crippen molar-refractivity contribution in [1.29, 1.82) is 0 Å². The van der Waals surface area contributed by atoms with Crippen molar-refractivity contribution in [3.05, 3.63) is 27.2 Å². The Labute approximate surface area is 151 Å². The van der Waals surface area contributed by atoms with Gasteiger partial charge in [0.2, 0.25) is 5.91 Å². The molecule has 0 atom stereocenters. The minimum absolute atomic E-state index is 0.0768. The first-order chi connectivity index (χ1) is 12.3. The summed E-state index contributed by atoms with van der Waals surface area (Å²) in [5.41, 5.74) is -0.394. The fraction of sp³-hybridized carbons (Fsp3) is 0.647. The third kappa shape index (κ3) is 4.21. The first-order valence-corrected chi connectivity index (χ1v) is 8.73. The number of hydrogen-bond donors (Lipinski definition) is 1. The molecule has 0 radical (unpaired) electrons. The van der Waals surface area contributed by atoms with Gasteiger partial charge < -0.3 is 14.6 Å². The van der Waals surface area contributed by atoms with Crippen molar-refractivity contribution in [1.82, 2.24) is 24.0 Å². The molecule has 144 valence electrons. The molecule has 9 nitrogen and oxygen atoms in total. The van der Waals surface area contributed by atoms with E-state index in [1.54, 1.807) is 11.7 Å². The molecule has 2 heterocycles. The standard InChI is InChI=1S/C17H27N5O4/c1-11(2)8-21-15-14(20(10-18-15)6-7-26-5)16(24)22(17(21)25)9-13(23)19-12(3)4/h10-12H,6-9H2,1-5H3,(H,19,23). The van der Waals surface area contributed by atoms with Crippen LogP contribution in [0, 0.1) is 5.92 Å². The second-order valence-electron chi connectivity index (χ2n) is 7.00. The molecular weight excluding hydrogens is 338 g/mol. The van der Waals surface area contributed by atoms with Crippen molar-refractivity contribution in [3.8, 4) is 0 Å². The summed E-state index contributed by atoms with van der Waals surface area (Å²) in [5.74, 6) is -0.201. The van der Waals surface area contributed by atoms with Crippen LogP contribution < -0.4 is 16.6 Å². The summed E-state index contributed by atoms with van der Waals surface area (Å²) < 4.78 is 9.18. The normalized spacial score (nSPS) is 11.7. The molecule has 0 aliphatic rings.